The van der Waals surface area contributed by atoms with Crippen LogP contribution in [0.3, 0.4) is 0 Å². The summed E-state index contributed by atoms with van der Waals surface area (Å²) < 4.78 is 0. The summed E-state index contributed by atoms with van der Waals surface area (Å²) >= 11 is 0. The Morgan fingerprint density at radius 1 is 0.423 bits per heavy atom. The molecule has 0 aliphatic carbocycles. The number of aryl methyl sites for hydroxylation is 4. The van der Waals surface area contributed by atoms with Gasteiger partial charge in [-0.25, -0.2) is 0 Å². The summed E-state index contributed by atoms with van der Waals surface area (Å²) in [5, 5.41) is 0. The zero-order valence-electron chi connectivity index (χ0n) is 34.9. The van der Waals surface area contributed by atoms with Gasteiger partial charge in [-0.15, -0.1) is 0 Å². The van der Waals surface area contributed by atoms with Crippen molar-refractivity contribution in [2.75, 3.05) is 105 Å². The van der Waals surface area contributed by atoms with Gasteiger partial charge in [0, 0.05) is 62.1 Å². The first-order valence-corrected chi connectivity index (χ1v) is 22.1. The fraction of sp³-hybridized carbons (Fsp3) is 0.667. The molecule has 0 aliphatic rings. The van der Waals surface area contributed by atoms with Crippen LogP contribution in [0.2, 0.25) is 0 Å². The van der Waals surface area contributed by atoms with Gasteiger partial charge in [0.05, 0.1) is 11.1 Å². The molecule has 0 aromatic heterocycles. The molecular formula is C42H72N6O2S2. The van der Waals surface area contributed by atoms with Crippen LogP contribution in [0.25, 0.3) is 0 Å². The molecule has 0 atom stereocenters. The molecule has 2 amide bonds. The van der Waals surface area contributed by atoms with E-state index in [1.54, 1.807) is 21.6 Å². The third-order valence-corrected chi connectivity index (χ3v) is 12.8. The van der Waals surface area contributed by atoms with Crippen molar-refractivity contribution >= 4 is 33.4 Å². The highest BCUT2D eigenvalue weighted by atomic mass is 33.1. The van der Waals surface area contributed by atoms with Crippen molar-refractivity contribution < 1.29 is 9.59 Å². The van der Waals surface area contributed by atoms with E-state index in [2.05, 4.69) is 137 Å². The first-order chi connectivity index (χ1) is 24.9. The topological polar surface area (TPSA) is 53.6 Å². The lowest BCUT2D eigenvalue weighted by molar-refractivity contribution is 0.0706. The normalized spacial score (nSPS) is 11.8. The predicted molar refractivity (Wildman–Crippen MR) is 227 cm³/mol. The number of carbonyl (C=O) groups is 2. The summed E-state index contributed by atoms with van der Waals surface area (Å²) in [6.45, 7) is 39.7. The predicted octanol–water partition coefficient (Wildman–Crippen LogP) is 7.97. The van der Waals surface area contributed by atoms with Crippen molar-refractivity contribution in [2.45, 2.75) is 92.9 Å². The van der Waals surface area contributed by atoms with Crippen LogP contribution in [-0.2, 0) is 0 Å². The minimum Gasteiger partial charge on any atom is -0.336 e. The SMILES string of the molecule is CCN(CC)CCN(CCN(CC)CC)C(=O)c1c(C)cc(C)cc1SSc1cc(C)cc(C)c1C(=O)N(CCN(CC)CC)CCN(CC)CC. The first-order valence-electron chi connectivity index (χ1n) is 20.0. The molecule has 2 rings (SSSR count). The highest BCUT2D eigenvalue weighted by Gasteiger charge is 2.26. The van der Waals surface area contributed by atoms with Crippen molar-refractivity contribution in [3.8, 4) is 0 Å². The number of nitrogens with zero attached hydrogens (tertiary/aromatic N) is 6. The zero-order chi connectivity index (χ0) is 38.8. The van der Waals surface area contributed by atoms with E-state index in [1.165, 1.54) is 0 Å². The Hall–Kier alpha value is -2.08. The lowest BCUT2D eigenvalue weighted by Gasteiger charge is -2.30. The number of hydrogen-bond donors (Lipinski definition) is 0. The second kappa shape index (κ2) is 24.4. The molecule has 0 aliphatic heterocycles. The maximum atomic E-state index is 14.6. The summed E-state index contributed by atoms with van der Waals surface area (Å²) in [4.78, 5) is 44.8. The van der Waals surface area contributed by atoms with Gasteiger partial charge >= 0.3 is 0 Å². The minimum absolute atomic E-state index is 0.0932. The Morgan fingerprint density at radius 2 is 0.673 bits per heavy atom. The van der Waals surface area contributed by atoms with Gasteiger partial charge in [0.15, 0.2) is 0 Å². The Bertz CT molecular complexity index is 1240. The van der Waals surface area contributed by atoms with Crippen molar-refractivity contribution in [1.29, 1.82) is 0 Å². The van der Waals surface area contributed by atoms with E-state index in [0.29, 0.717) is 26.2 Å². The average Bonchev–Trinajstić information content (AvgIpc) is 3.12. The van der Waals surface area contributed by atoms with E-state index >= 15 is 0 Å². The van der Waals surface area contributed by atoms with Gasteiger partial charge in [-0.1, -0.05) is 89.1 Å². The molecule has 52 heavy (non-hydrogen) atoms. The van der Waals surface area contributed by atoms with Crippen molar-refractivity contribution in [2.24, 2.45) is 0 Å². The zero-order valence-corrected chi connectivity index (χ0v) is 36.6. The Balaban J connectivity index is 2.52. The quantitative estimate of drug-likeness (QED) is 0.0947. The lowest BCUT2D eigenvalue weighted by Crippen LogP contribution is -2.43. The van der Waals surface area contributed by atoms with Crippen LogP contribution < -0.4 is 0 Å². The third kappa shape index (κ3) is 14.0. The fourth-order valence-electron chi connectivity index (χ4n) is 6.78. The van der Waals surface area contributed by atoms with Gasteiger partial charge in [-0.05, 0) is 114 Å². The second-order valence-electron chi connectivity index (χ2n) is 13.8. The fourth-order valence-corrected chi connectivity index (χ4v) is 9.42. The summed E-state index contributed by atoms with van der Waals surface area (Å²) in [6.07, 6.45) is 0. The summed E-state index contributed by atoms with van der Waals surface area (Å²) in [6, 6.07) is 8.56. The first kappa shape index (κ1) is 46.1. The number of amides is 2. The van der Waals surface area contributed by atoms with Crippen molar-refractivity contribution in [3.63, 3.8) is 0 Å². The number of benzene rings is 2. The molecule has 0 heterocycles. The molecular weight excluding hydrogens is 685 g/mol. The van der Waals surface area contributed by atoms with Crippen LogP contribution in [0.5, 0.6) is 0 Å². The standard InChI is InChI=1S/C42H72N6O2S2/c1-13-43(14-2)21-25-47(26-22-44(15-3)16-4)41(49)39-35(11)29-33(9)31-37(39)51-52-38-32-34(10)30-36(12)40(38)42(50)48(27-23-45(17-5)18-6)28-24-46(19-7)20-8/h29-32H,13-28H2,1-12H3. The van der Waals surface area contributed by atoms with Crippen molar-refractivity contribution in [3.05, 3.63) is 57.6 Å². The maximum Gasteiger partial charge on any atom is 0.255 e. The molecule has 0 unspecified atom stereocenters. The second-order valence-corrected chi connectivity index (χ2v) is 16.0. The molecule has 0 bridgehead atoms. The molecule has 0 fully saturated rings. The smallest absolute Gasteiger partial charge is 0.255 e. The monoisotopic (exact) mass is 757 g/mol. The van der Waals surface area contributed by atoms with E-state index in [9.17, 15) is 9.59 Å². The van der Waals surface area contributed by atoms with Gasteiger partial charge in [0.25, 0.3) is 11.8 Å². The van der Waals surface area contributed by atoms with E-state index in [-0.39, 0.29) is 11.8 Å². The molecule has 0 saturated carbocycles. The van der Waals surface area contributed by atoms with Gasteiger partial charge in [0.1, 0.15) is 0 Å². The Labute approximate surface area is 326 Å². The minimum atomic E-state index is 0.0932. The number of rotatable bonds is 25. The van der Waals surface area contributed by atoms with E-state index in [4.69, 9.17) is 0 Å². The van der Waals surface area contributed by atoms with Crippen LogP contribution in [0, 0.1) is 27.7 Å². The molecule has 294 valence electrons. The number of carbonyl (C=O) groups excluding carboxylic acids is 2. The van der Waals surface area contributed by atoms with E-state index in [1.807, 2.05) is 0 Å². The molecule has 0 spiro atoms. The highest BCUT2D eigenvalue weighted by Crippen LogP contribution is 2.43. The van der Waals surface area contributed by atoms with Crippen LogP contribution >= 0.6 is 21.6 Å². The largest absolute Gasteiger partial charge is 0.336 e. The van der Waals surface area contributed by atoms with Crippen LogP contribution in [0.15, 0.2) is 34.1 Å². The van der Waals surface area contributed by atoms with Crippen LogP contribution in [0.1, 0.15) is 98.4 Å². The third-order valence-electron chi connectivity index (χ3n) is 10.4. The Morgan fingerprint density at radius 3 is 0.904 bits per heavy atom. The van der Waals surface area contributed by atoms with Crippen LogP contribution in [0.4, 0.5) is 0 Å². The number of likely N-dealkylation sites (N-methyl/N-ethyl adjacent to an activating group) is 4. The summed E-state index contributed by atoms with van der Waals surface area (Å²) in [5.74, 6) is 0.186. The molecule has 2 aromatic carbocycles. The van der Waals surface area contributed by atoms with E-state index in [0.717, 1.165) is 122 Å². The molecule has 0 N–H and O–H groups in total. The molecule has 2 aromatic rings. The average molecular weight is 757 g/mol. The molecule has 10 heteroatoms. The van der Waals surface area contributed by atoms with Crippen molar-refractivity contribution in [1.82, 2.24) is 29.4 Å². The highest BCUT2D eigenvalue weighted by molar-refractivity contribution is 8.76. The van der Waals surface area contributed by atoms with Crippen LogP contribution in [-0.4, -0.2) is 146 Å². The lowest BCUT2D eigenvalue weighted by atomic mass is 10.0. The van der Waals surface area contributed by atoms with Gasteiger partial charge < -0.3 is 29.4 Å². The Kier molecular flexibility index (Phi) is 21.6. The maximum absolute atomic E-state index is 14.6. The van der Waals surface area contributed by atoms with Gasteiger partial charge in [-0.2, -0.15) is 0 Å². The van der Waals surface area contributed by atoms with E-state index < -0.39 is 0 Å². The summed E-state index contributed by atoms with van der Waals surface area (Å²) in [7, 11) is 3.23. The molecule has 8 nitrogen and oxygen atoms in total. The number of hydrogen-bond acceptors (Lipinski definition) is 8. The van der Waals surface area contributed by atoms with Gasteiger partial charge in [-0.3, -0.25) is 9.59 Å². The molecule has 0 saturated heterocycles. The van der Waals surface area contributed by atoms with Gasteiger partial charge in [0.2, 0.25) is 0 Å². The summed E-state index contributed by atoms with van der Waals surface area (Å²) in [5.41, 5.74) is 5.81. The molecule has 0 radical (unpaired) electrons.